The smallest absolute Gasteiger partial charge is 0.744 e. The Kier molecular flexibility index (Phi) is 15.3. The summed E-state index contributed by atoms with van der Waals surface area (Å²) < 4.78 is 112. The largest absolute Gasteiger partial charge is 1.00 e. The Morgan fingerprint density at radius 1 is 0.700 bits per heavy atom. The minimum absolute atomic E-state index is 0. The van der Waals surface area contributed by atoms with Gasteiger partial charge in [0.15, 0.2) is 5.75 Å². The van der Waals surface area contributed by atoms with Gasteiger partial charge in [-0.25, -0.2) is 35.2 Å². The van der Waals surface area contributed by atoms with Crippen LogP contribution in [0.5, 0.6) is 11.5 Å². The van der Waals surface area contributed by atoms with Crippen LogP contribution in [0.15, 0.2) is 98.0 Å². The molecule has 0 aliphatic carbocycles. The van der Waals surface area contributed by atoms with E-state index in [1.165, 1.54) is 24.5 Å². The molecule has 0 radical (unpaired) electrons. The molecular weight excluding hydrogens is 751 g/mol. The molecule has 0 saturated heterocycles. The first-order valence-electron chi connectivity index (χ1n) is 12.6. The third-order valence-corrected chi connectivity index (χ3v) is 8.79. The first-order valence-corrected chi connectivity index (χ1v) is 16.9. The second-order valence-corrected chi connectivity index (χ2v) is 13.3. The second-order valence-electron chi connectivity index (χ2n) is 9.29. The number of benzene rings is 4. The monoisotopic (exact) mass is 769 g/mol. The van der Waals surface area contributed by atoms with Gasteiger partial charge in [0.2, 0.25) is 11.9 Å². The molecule has 24 heteroatoms. The Balaban J connectivity index is 0.00000289. The van der Waals surface area contributed by atoms with Gasteiger partial charge in [0, 0.05) is 22.8 Å². The summed E-state index contributed by atoms with van der Waals surface area (Å²) in [5, 5.41) is 23.7. The number of rotatable bonds is 10. The second kappa shape index (κ2) is 17.5. The van der Waals surface area contributed by atoms with Gasteiger partial charge in [-0.3, -0.25) is 0 Å². The van der Waals surface area contributed by atoms with E-state index in [1.54, 1.807) is 24.3 Å². The zero-order chi connectivity index (χ0) is 34.1. The van der Waals surface area contributed by atoms with Crippen molar-refractivity contribution < 1.29 is 137 Å². The molecule has 0 atom stereocenters. The maximum atomic E-state index is 12.2. The molecular formula is C26H18N7Na3O11S3. The van der Waals surface area contributed by atoms with Gasteiger partial charge >= 0.3 is 88.7 Å². The number of methoxy groups -OCH3 is 1. The summed E-state index contributed by atoms with van der Waals surface area (Å²) in [6, 6.07) is 14.7. The van der Waals surface area contributed by atoms with Crippen LogP contribution in [0.2, 0.25) is 0 Å². The van der Waals surface area contributed by atoms with Crippen molar-refractivity contribution in [2.24, 2.45) is 10.2 Å². The SMILES string of the molecule is COc1cc(S(=O)(=O)[O-])c(N=Nc2c(S(=O)(=O)[O-])cc3cc(Nc4ncnc(Nc5ccccc5)n4)ccc3c2O)cc1S(=O)(=O)[O-].[Na+].[Na+].[Na+]. The Morgan fingerprint density at radius 3 is 1.84 bits per heavy atom. The average molecular weight is 770 g/mol. The Morgan fingerprint density at radius 2 is 1.28 bits per heavy atom. The molecule has 0 aliphatic rings. The molecule has 0 bridgehead atoms. The summed E-state index contributed by atoms with van der Waals surface area (Å²) >= 11 is 0. The number of phenols is 1. The fraction of sp³-hybridized carbons (Fsp3) is 0.0385. The molecule has 50 heavy (non-hydrogen) atoms. The van der Waals surface area contributed by atoms with E-state index >= 15 is 0 Å². The molecule has 0 aliphatic heterocycles. The van der Waals surface area contributed by atoms with Gasteiger partial charge in [-0.05, 0) is 47.9 Å². The van der Waals surface area contributed by atoms with Crippen molar-refractivity contribution in [3.63, 3.8) is 0 Å². The van der Waals surface area contributed by atoms with Crippen LogP contribution in [0.1, 0.15) is 0 Å². The maximum Gasteiger partial charge on any atom is 1.00 e. The molecule has 5 aromatic rings. The fourth-order valence-corrected chi connectivity index (χ4v) is 6.08. The van der Waals surface area contributed by atoms with Crippen LogP contribution >= 0.6 is 0 Å². The van der Waals surface area contributed by atoms with Gasteiger partial charge in [0.1, 0.15) is 53.8 Å². The van der Waals surface area contributed by atoms with E-state index in [0.29, 0.717) is 17.8 Å². The summed E-state index contributed by atoms with van der Waals surface area (Å²) in [4.78, 5) is 8.87. The van der Waals surface area contributed by atoms with E-state index in [-0.39, 0.29) is 117 Å². The van der Waals surface area contributed by atoms with E-state index in [1.807, 2.05) is 6.07 Å². The zero-order valence-corrected chi connectivity index (χ0v) is 34.9. The van der Waals surface area contributed by atoms with Crippen LogP contribution in [-0.4, -0.2) is 66.1 Å². The van der Waals surface area contributed by atoms with Crippen molar-refractivity contribution in [3.05, 3.63) is 73.1 Å². The number of hydrogen-bond donors (Lipinski definition) is 3. The Bertz CT molecular complexity index is 2410. The predicted molar refractivity (Wildman–Crippen MR) is 160 cm³/mol. The summed E-state index contributed by atoms with van der Waals surface area (Å²) in [5.74, 6) is -1.42. The quantitative estimate of drug-likeness (QED) is 0.0678. The average Bonchev–Trinajstić information content (AvgIpc) is 2.99. The van der Waals surface area contributed by atoms with Crippen LogP contribution < -0.4 is 104 Å². The predicted octanol–water partition coefficient (Wildman–Crippen LogP) is -5.63. The van der Waals surface area contributed by atoms with Crippen molar-refractivity contribution in [1.82, 2.24) is 15.0 Å². The minimum Gasteiger partial charge on any atom is -0.744 e. The third-order valence-electron chi connectivity index (χ3n) is 6.22. The van der Waals surface area contributed by atoms with E-state index in [4.69, 9.17) is 4.74 Å². The number of phenolic OH excluding ortho intramolecular Hbond substituents is 1. The molecule has 1 aromatic heterocycles. The van der Waals surface area contributed by atoms with Crippen LogP contribution in [0.25, 0.3) is 10.8 Å². The molecule has 0 amide bonds. The molecule has 0 spiro atoms. The zero-order valence-electron chi connectivity index (χ0n) is 26.4. The summed E-state index contributed by atoms with van der Waals surface area (Å²) in [5.41, 5.74) is -1.01. The number of hydrogen-bond acceptors (Lipinski definition) is 18. The van der Waals surface area contributed by atoms with Crippen molar-refractivity contribution in [3.8, 4) is 11.5 Å². The van der Waals surface area contributed by atoms with Crippen molar-refractivity contribution in [2.75, 3.05) is 17.7 Å². The normalized spacial score (nSPS) is 11.6. The number of aromatic hydroxyl groups is 1. The molecule has 5 rings (SSSR count). The number of fused-ring (bicyclic) bond motifs is 1. The number of nitrogens with one attached hydrogen (secondary N) is 2. The van der Waals surface area contributed by atoms with E-state index < -0.39 is 67.9 Å². The van der Waals surface area contributed by atoms with Crippen LogP contribution in [0.4, 0.5) is 34.6 Å². The molecule has 0 unspecified atom stereocenters. The fourth-order valence-electron chi connectivity index (χ4n) is 4.18. The Labute approximate surface area is 351 Å². The molecule has 3 N–H and O–H groups in total. The van der Waals surface area contributed by atoms with Crippen LogP contribution in [-0.2, 0) is 30.4 Å². The van der Waals surface area contributed by atoms with Crippen LogP contribution in [0, 0.1) is 0 Å². The first kappa shape index (κ1) is 43.8. The number of azo groups is 1. The van der Waals surface area contributed by atoms with Gasteiger partial charge in [-0.2, -0.15) is 4.98 Å². The number of nitrogens with zero attached hydrogens (tertiary/aromatic N) is 5. The van der Waals surface area contributed by atoms with Crippen LogP contribution in [0.3, 0.4) is 0 Å². The molecule has 1 heterocycles. The van der Waals surface area contributed by atoms with Gasteiger partial charge in [0.05, 0.1) is 21.8 Å². The first-order chi connectivity index (χ1) is 22.0. The number of anilines is 4. The van der Waals surface area contributed by atoms with Gasteiger partial charge < -0.3 is 34.1 Å². The standard InChI is InChI=1S/C26H21N7O11S3.3Na/c1-44-19-12-20(45(35,36)37)18(11-21(19)46(38,39)40)32-33-23-22(47(41,42)43)10-14-9-16(7-8-17(14)24(23)34)30-26-28-13-27-25(31-26)29-15-5-3-2-4-6-15;;;/h2-13,34H,1H3,(H,35,36,37)(H,38,39,40)(H,41,42,43)(H2,27,28,29,30,31);;;/q;3*+1/p-3. The summed E-state index contributed by atoms with van der Waals surface area (Å²) in [7, 11) is -15.2. The third kappa shape index (κ3) is 10.4. The number of aromatic nitrogens is 3. The van der Waals surface area contributed by atoms with Gasteiger partial charge in [-0.15, -0.1) is 10.2 Å². The van der Waals surface area contributed by atoms with E-state index in [9.17, 15) is 44.0 Å². The number of para-hydroxylation sites is 1. The topological polar surface area (TPSA) is 289 Å². The maximum absolute atomic E-state index is 12.2. The van der Waals surface area contributed by atoms with Crippen molar-refractivity contribution >= 4 is 75.8 Å². The minimum atomic E-state index is -5.41. The van der Waals surface area contributed by atoms with E-state index in [0.717, 1.165) is 13.2 Å². The van der Waals surface area contributed by atoms with Gasteiger partial charge in [0.25, 0.3) is 0 Å². The summed E-state index contributed by atoms with van der Waals surface area (Å²) in [6.07, 6.45) is 1.23. The van der Waals surface area contributed by atoms with Crippen molar-refractivity contribution in [1.29, 1.82) is 0 Å². The van der Waals surface area contributed by atoms with Crippen molar-refractivity contribution in [2.45, 2.75) is 14.7 Å². The molecule has 4 aromatic carbocycles. The molecule has 0 fully saturated rings. The summed E-state index contributed by atoms with van der Waals surface area (Å²) in [6.45, 7) is 0. The van der Waals surface area contributed by atoms with Gasteiger partial charge in [-0.1, -0.05) is 18.2 Å². The number of ether oxygens (including phenoxy) is 1. The molecule has 244 valence electrons. The van der Waals surface area contributed by atoms with E-state index in [2.05, 4.69) is 35.8 Å². The Hall–Kier alpha value is -2.32. The molecule has 18 nitrogen and oxygen atoms in total. The molecule has 0 saturated carbocycles.